The fraction of sp³-hybridized carbons (Fsp3) is 0.318. The summed E-state index contributed by atoms with van der Waals surface area (Å²) in [6, 6.07) is 14.4. The van der Waals surface area contributed by atoms with Crippen LogP contribution < -0.4 is 9.47 Å². The molecule has 0 unspecified atom stereocenters. The van der Waals surface area contributed by atoms with E-state index in [1.807, 2.05) is 18.2 Å². The number of para-hydroxylation sites is 1. The molecule has 0 spiro atoms. The maximum Gasteiger partial charge on any atom is 0.161 e. The lowest BCUT2D eigenvalue weighted by Crippen LogP contribution is -2.49. The molecule has 2 aromatic carbocycles. The molecule has 1 saturated heterocycles. The zero-order chi connectivity index (χ0) is 19.0. The minimum absolute atomic E-state index is 0.217. The van der Waals surface area contributed by atoms with E-state index >= 15 is 0 Å². The molecule has 1 aliphatic heterocycles. The molecule has 0 atom stereocenters. The van der Waals surface area contributed by atoms with Gasteiger partial charge in [0.15, 0.2) is 11.5 Å². The smallest absolute Gasteiger partial charge is 0.161 e. The fourth-order valence-corrected chi connectivity index (χ4v) is 3.66. The Morgan fingerprint density at radius 3 is 2.56 bits per heavy atom. The number of likely N-dealkylation sites (tertiary alicyclic amines) is 1. The van der Waals surface area contributed by atoms with Crippen LogP contribution in [0.2, 0.25) is 0 Å². The predicted molar refractivity (Wildman–Crippen MR) is 106 cm³/mol. The van der Waals surface area contributed by atoms with Crippen molar-refractivity contribution in [2.45, 2.75) is 19.6 Å². The van der Waals surface area contributed by atoms with Crippen LogP contribution in [0.5, 0.6) is 11.5 Å². The first-order chi connectivity index (χ1) is 13.1. The molecule has 0 bridgehead atoms. The number of nitrogens with zero attached hydrogens (tertiary/aromatic N) is 2. The highest BCUT2D eigenvalue weighted by atomic mass is 16.5. The van der Waals surface area contributed by atoms with Crippen molar-refractivity contribution in [1.82, 2.24) is 9.88 Å². The van der Waals surface area contributed by atoms with Crippen LogP contribution in [0.15, 0.2) is 42.5 Å². The molecule has 0 saturated carbocycles. The molecular formula is C22H24N2O3. The first-order valence-electron chi connectivity index (χ1n) is 9.11. The number of fused-ring (bicyclic) bond motifs is 1. The van der Waals surface area contributed by atoms with E-state index in [2.05, 4.69) is 36.1 Å². The molecule has 1 fully saturated rings. The van der Waals surface area contributed by atoms with Crippen LogP contribution in [0, 0.1) is 6.92 Å². The van der Waals surface area contributed by atoms with E-state index in [0.29, 0.717) is 24.6 Å². The number of hydrogen-bond acceptors (Lipinski definition) is 5. The summed E-state index contributed by atoms with van der Waals surface area (Å²) in [5.74, 6) is 1.39. The van der Waals surface area contributed by atoms with Gasteiger partial charge in [-0.2, -0.15) is 0 Å². The van der Waals surface area contributed by atoms with Gasteiger partial charge in [-0.1, -0.05) is 18.2 Å². The van der Waals surface area contributed by atoms with E-state index < -0.39 is 0 Å². The quantitative estimate of drug-likeness (QED) is 0.752. The van der Waals surface area contributed by atoms with Crippen molar-refractivity contribution in [3.63, 3.8) is 0 Å². The molecular weight excluding hydrogens is 340 g/mol. The van der Waals surface area contributed by atoms with Gasteiger partial charge in [0.2, 0.25) is 0 Å². The van der Waals surface area contributed by atoms with Gasteiger partial charge in [0.05, 0.1) is 31.5 Å². The molecule has 1 aliphatic rings. The van der Waals surface area contributed by atoms with Crippen molar-refractivity contribution < 1.29 is 14.6 Å². The fourth-order valence-electron chi connectivity index (χ4n) is 3.66. The number of benzene rings is 2. The van der Waals surface area contributed by atoms with Gasteiger partial charge in [0.1, 0.15) is 0 Å². The molecule has 5 nitrogen and oxygen atoms in total. The van der Waals surface area contributed by atoms with Gasteiger partial charge < -0.3 is 14.6 Å². The van der Waals surface area contributed by atoms with Gasteiger partial charge in [-0.25, -0.2) is 4.98 Å². The third kappa shape index (κ3) is 3.36. The first kappa shape index (κ1) is 17.8. The van der Waals surface area contributed by atoms with Crippen molar-refractivity contribution >= 4 is 10.9 Å². The average Bonchev–Trinajstić information content (AvgIpc) is 2.66. The van der Waals surface area contributed by atoms with E-state index in [1.54, 1.807) is 14.2 Å². The summed E-state index contributed by atoms with van der Waals surface area (Å²) in [6.07, 6.45) is -0.217. The van der Waals surface area contributed by atoms with Crippen molar-refractivity contribution in [2.24, 2.45) is 0 Å². The predicted octanol–water partition coefficient (Wildman–Crippen LogP) is 3.40. The number of ether oxygens (including phenoxy) is 2. The van der Waals surface area contributed by atoms with Gasteiger partial charge in [-0.3, -0.25) is 4.90 Å². The second-order valence-corrected chi connectivity index (χ2v) is 7.06. The Balaban J connectivity index is 1.85. The number of β-amino-alcohol motifs (C(OH)–C–C–N with tert-alkyl or cyclic N) is 1. The number of hydrogen-bond donors (Lipinski definition) is 1. The third-order valence-electron chi connectivity index (χ3n) is 5.12. The summed E-state index contributed by atoms with van der Waals surface area (Å²) in [7, 11) is 3.28. The minimum atomic E-state index is -0.217. The summed E-state index contributed by atoms with van der Waals surface area (Å²) < 4.78 is 10.8. The van der Waals surface area contributed by atoms with Crippen LogP contribution in [-0.2, 0) is 6.54 Å². The Morgan fingerprint density at radius 1 is 1.07 bits per heavy atom. The van der Waals surface area contributed by atoms with E-state index in [9.17, 15) is 5.11 Å². The third-order valence-corrected chi connectivity index (χ3v) is 5.12. The number of methoxy groups -OCH3 is 2. The second kappa shape index (κ2) is 7.18. The number of aromatic nitrogens is 1. The van der Waals surface area contributed by atoms with Crippen LogP contribution in [0.25, 0.3) is 22.2 Å². The molecule has 0 radical (unpaired) electrons. The van der Waals surface area contributed by atoms with Crippen LogP contribution in [-0.4, -0.2) is 48.4 Å². The zero-order valence-corrected chi connectivity index (χ0v) is 15.9. The van der Waals surface area contributed by atoms with E-state index in [-0.39, 0.29) is 6.10 Å². The van der Waals surface area contributed by atoms with Crippen molar-refractivity contribution in [1.29, 1.82) is 0 Å². The summed E-state index contributed by atoms with van der Waals surface area (Å²) in [5, 5.41) is 10.8. The molecule has 0 aliphatic carbocycles. The summed E-state index contributed by atoms with van der Waals surface area (Å²) in [6.45, 7) is 4.26. The Labute approximate surface area is 159 Å². The Hall–Kier alpha value is -2.63. The SMILES string of the molecule is COc1ccc(-c2nc3c(C)cccc3cc2CN2CC(O)C2)cc1OC. The standard InChI is InChI=1S/C22H24N2O3/c1-14-5-4-6-15-9-17(11-24-12-18(25)13-24)22(23-21(14)15)16-7-8-19(26-2)20(10-16)27-3/h4-10,18,25H,11-13H2,1-3H3. The van der Waals surface area contributed by atoms with E-state index in [4.69, 9.17) is 14.5 Å². The minimum Gasteiger partial charge on any atom is -0.493 e. The highest BCUT2D eigenvalue weighted by molar-refractivity contribution is 5.86. The highest BCUT2D eigenvalue weighted by Crippen LogP contribution is 2.35. The van der Waals surface area contributed by atoms with Gasteiger partial charge in [-0.05, 0) is 42.3 Å². The molecule has 1 aromatic heterocycles. The number of rotatable bonds is 5. The largest absolute Gasteiger partial charge is 0.493 e. The van der Waals surface area contributed by atoms with Gasteiger partial charge in [-0.15, -0.1) is 0 Å². The Bertz CT molecular complexity index is 981. The average molecular weight is 364 g/mol. The van der Waals surface area contributed by atoms with Crippen LogP contribution in [0.3, 0.4) is 0 Å². The molecule has 4 rings (SSSR count). The lowest BCUT2D eigenvalue weighted by atomic mass is 10.00. The molecule has 5 heteroatoms. The number of aliphatic hydroxyl groups excluding tert-OH is 1. The second-order valence-electron chi connectivity index (χ2n) is 7.06. The molecule has 2 heterocycles. The summed E-state index contributed by atoms with van der Waals surface area (Å²) in [4.78, 5) is 7.25. The molecule has 1 N–H and O–H groups in total. The van der Waals surface area contributed by atoms with Crippen molar-refractivity contribution in [2.75, 3.05) is 27.3 Å². The summed E-state index contributed by atoms with van der Waals surface area (Å²) >= 11 is 0. The number of aryl methyl sites for hydroxylation is 1. The monoisotopic (exact) mass is 364 g/mol. The normalized spacial score (nSPS) is 15.0. The lowest BCUT2D eigenvalue weighted by Gasteiger charge is -2.36. The number of pyridine rings is 1. The topological polar surface area (TPSA) is 54.8 Å². The number of aliphatic hydroxyl groups is 1. The van der Waals surface area contributed by atoms with Crippen molar-refractivity contribution in [3.8, 4) is 22.8 Å². The molecule has 140 valence electrons. The molecule has 3 aromatic rings. The Kier molecular flexibility index (Phi) is 4.72. The van der Waals surface area contributed by atoms with Gasteiger partial charge in [0.25, 0.3) is 0 Å². The van der Waals surface area contributed by atoms with Crippen LogP contribution in [0.1, 0.15) is 11.1 Å². The van der Waals surface area contributed by atoms with E-state index in [0.717, 1.165) is 39.8 Å². The first-order valence-corrected chi connectivity index (χ1v) is 9.11. The maximum absolute atomic E-state index is 9.63. The molecule has 0 amide bonds. The maximum atomic E-state index is 9.63. The lowest BCUT2D eigenvalue weighted by molar-refractivity contribution is -0.00280. The molecule has 27 heavy (non-hydrogen) atoms. The van der Waals surface area contributed by atoms with Crippen LogP contribution >= 0.6 is 0 Å². The Morgan fingerprint density at radius 2 is 1.85 bits per heavy atom. The van der Waals surface area contributed by atoms with Crippen molar-refractivity contribution in [3.05, 3.63) is 53.6 Å². The zero-order valence-electron chi connectivity index (χ0n) is 15.9. The van der Waals surface area contributed by atoms with Gasteiger partial charge >= 0.3 is 0 Å². The van der Waals surface area contributed by atoms with Gasteiger partial charge in [0, 0.05) is 30.6 Å². The van der Waals surface area contributed by atoms with E-state index in [1.165, 1.54) is 0 Å². The van der Waals surface area contributed by atoms with Crippen LogP contribution in [0.4, 0.5) is 0 Å². The summed E-state index contributed by atoms with van der Waals surface area (Å²) in [5.41, 5.74) is 5.25. The highest BCUT2D eigenvalue weighted by Gasteiger charge is 2.25.